The fourth-order valence-electron chi connectivity index (χ4n) is 9.36. The molecule has 3 aliphatic rings. The van der Waals surface area contributed by atoms with Crippen LogP contribution in [0.2, 0.25) is 0 Å². The van der Waals surface area contributed by atoms with Crippen molar-refractivity contribution in [3.63, 3.8) is 0 Å². The van der Waals surface area contributed by atoms with E-state index in [-0.39, 0.29) is 0 Å². The molecule has 2 aliphatic carbocycles. The molecule has 7 aromatic rings. The van der Waals surface area contributed by atoms with Crippen LogP contribution in [0.4, 0.5) is 0 Å². The monoisotopic (exact) mass is 682 g/mol. The van der Waals surface area contributed by atoms with E-state index in [2.05, 4.69) is 114 Å². The summed E-state index contributed by atoms with van der Waals surface area (Å²) >= 11 is 1.87. The Hall–Kier alpha value is -5.03. The van der Waals surface area contributed by atoms with Crippen molar-refractivity contribution in [1.82, 2.24) is 0 Å². The Morgan fingerprint density at radius 2 is 1.04 bits per heavy atom. The summed E-state index contributed by atoms with van der Waals surface area (Å²) < 4.78 is 30.2. The molecule has 0 saturated heterocycles. The minimum atomic E-state index is -3.72. The number of fused-ring (bicyclic) bond motifs is 10. The molecule has 10 rings (SSSR count). The molecule has 0 radical (unpaired) electrons. The number of rotatable bonds is 2. The first-order valence-corrected chi connectivity index (χ1v) is 19.5. The zero-order chi connectivity index (χ0) is 34.4. The van der Waals surface area contributed by atoms with Gasteiger partial charge in [0, 0.05) is 42.8 Å². The van der Waals surface area contributed by atoms with Gasteiger partial charge in [0.2, 0.25) is 9.84 Å². The van der Waals surface area contributed by atoms with Crippen molar-refractivity contribution >= 4 is 63.7 Å². The molecule has 0 N–H and O–H groups in total. The molecule has 6 aromatic carbocycles. The summed E-state index contributed by atoms with van der Waals surface area (Å²) in [6, 6.07) is 34.4. The fourth-order valence-corrected chi connectivity index (χ4v) is 12.5. The Bertz CT molecular complexity index is 3000. The number of benzene rings is 6. The van der Waals surface area contributed by atoms with Gasteiger partial charge in [-0.2, -0.15) is 0 Å². The van der Waals surface area contributed by atoms with Gasteiger partial charge in [-0.15, -0.1) is 11.3 Å². The van der Waals surface area contributed by atoms with Crippen LogP contribution in [-0.2, 0) is 9.84 Å². The van der Waals surface area contributed by atoms with Gasteiger partial charge in [0.15, 0.2) is 0 Å². The molecule has 2 nitrogen and oxygen atoms in total. The Kier molecular flexibility index (Phi) is 5.99. The highest BCUT2D eigenvalue weighted by Gasteiger charge is 2.42. The molecule has 0 amide bonds. The van der Waals surface area contributed by atoms with Crippen molar-refractivity contribution in [2.75, 3.05) is 0 Å². The first kappa shape index (κ1) is 29.8. The van der Waals surface area contributed by atoms with E-state index in [1.807, 2.05) is 29.5 Å². The van der Waals surface area contributed by atoms with Gasteiger partial charge < -0.3 is 0 Å². The molecule has 1 aromatic heterocycles. The highest BCUT2D eigenvalue weighted by Crippen LogP contribution is 2.53. The van der Waals surface area contributed by atoms with E-state index in [1.165, 1.54) is 64.7 Å². The highest BCUT2D eigenvalue weighted by molar-refractivity contribution is 8.01. The maximum Gasteiger partial charge on any atom is 0.208 e. The average molecular weight is 683 g/mol. The third-order valence-electron chi connectivity index (χ3n) is 11.0. The first-order chi connectivity index (χ1) is 24.0. The Morgan fingerprint density at radius 3 is 1.70 bits per heavy atom. The molecule has 0 unspecified atom stereocenters. The molecule has 50 heavy (non-hydrogen) atoms. The zero-order valence-electron chi connectivity index (χ0n) is 28.9. The molecule has 2 heterocycles. The summed E-state index contributed by atoms with van der Waals surface area (Å²) in [5.41, 5.74) is 17.1. The molecule has 0 atom stereocenters. The zero-order valence-corrected chi connectivity index (χ0v) is 30.5. The number of allylic oxidation sites excluding steroid dienone is 1. The summed E-state index contributed by atoms with van der Waals surface area (Å²) in [6.45, 7) is 13.0. The van der Waals surface area contributed by atoms with Gasteiger partial charge in [-0.05, 0) is 144 Å². The van der Waals surface area contributed by atoms with E-state index in [1.54, 1.807) is 6.07 Å². The molecule has 4 heteroatoms. The second-order valence-corrected chi connectivity index (χ2v) is 17.4. The maximum absolute atomic E-state index is 14.5. The number of hydrogen-bond donors (Lipinski definition) is 0. The molecule has 0 spiro atoms. The normalized spacial score (nSPS) is 15.2. The van der Waals surface area contributed by atoms with Gasteiger partial charge in [-0.3, -0.25) is 0 Å². The van der Waals surface area contributed by atoms with Crippen molar-refractivity contribution in [3.05, 3.63) is 169 Å². The van der Waals surface area contributed by atoms with Crippen LogP contribution in [0.25, 0.3) is 52.9 Å². The average Bonchev–Trinajstić information content (AvgIpc) is 3.75. The van der Waals surface area contributed by atoms with Crippen LogP contribution >= 0.6 is 11.3 Å². The van der Waals surface area contributed by atoms with Crippen molar-refractivity contribution in [2.24, 2.45) is 0 Å². The number of hydrogen-bond acceptors (Lipinski definition) is 3. The Balaban J connectivity index is 1.36. The fraction of sp³-hybridized carbons (Fsp3) is 0.130. The van der Waals surface area contributed by atoms with Crippen molar-refractivity contribution in [2.45, 2.75) is 46.4 Å². The smallest absolute Gasteiger partial charge is 0.208 e. The lowest BCUT2D eigenvalue weighted by atomic mass is 9.87. The molecular formula is C46H34O2S2. The molecule has 242 valence electrons. The highest BCUT2D eigenvalue weighted by atomic mass is 32.2. The summed E-state index contributed by atoms with van der Waals surface area (Å²) in [7, 11) is -3.72. The summed E-state index contributed by atoms with van der Waals surface area (Å²) in [6.07, 6.45) is 0. The maximum atomic E-state index is 14.5. The molecule has 0 saturated carbocycles. The van der Waals surface area contributed by atoms with Crippen LogP contribution in [0.3, 0.4) is 0 Å². The lowest BCUT2D eigenvalue weighted by Gasteiger charge is -2.16. The van der Waals surface area contributed by atoms with E-state index in [0.717, 1.165) is 55.0 Å². The lowest BCUT2D eigenvalue weighted by Crippen LogP contribution is -2.14. The van der Waals surface area contributed by atoms with Gasteiger partial charge in [-0.25, -0.2) is 8.42 Å². The van der Waals surface area contributed by atoms with Crippen LogP contribution in [0, 0.1) is 41.5 Å². The van der Waals surface area contributed by atoms with Gasteiger partial charge in [0.25, 0.3) is 0 Å². The standard InChI is InChI=1S/C46H34O2S2/c1-23-15-25(3)39(26(4)16-23)41-33-19-30-22-36-34(20-29(30)21-35(33)45-43(41)31-11-7-9-13-37(31)49-45)42(40-27(5)17-24(2)18-28(40)6)44-32-12-8-10-14-38(32)50(47,48)46(36)44/h7-22H,1-6H3. The predicted molar refractivity (Wildman–Crippen MR) is 210 cm³/mol. The second-order valence-electron chi connectivity index (χ2n) is 14.4. The minimum Gasteiger partial charge on any atom is -0.218 e. The largest absolute Gasteiger partial charge is 0.218 e. The van der Waals surface area contributed by atoms with Crippen molar-refractivity contribution in [3.8, 4) is 10.4 Å². The number of thiophene rings is 1. The van der Waals surface area contributed by atoms with Crippen molar-refractivity contribution < 1.29 is 8.42 Å². The van der Waals surface area contributed by atoms with E-state index in [4.69, 9.17) is 0 Å². The van der Waals surface area contributed by atoms with Gasteiger partial charge in [0.05, 0.1) is 9.80 Å². The third kappa shape index (κ3) is 3.81. The Morgan fingerprint density at radius 1 is 0.500 bits per heavy atom. The third-order valence-corrected chi connectivity index (χ3v) is 14.1. The van der Waals surface area contributed by atoms with Crippen molar-refractivity contribution in [1.29, 1.82) is 0 Å². The molecular weight excluding hydrogens is 649 g/mol. The Labute approximate surface area is 296 Å². The van der Waals surface area contributed by atoms with Gasteiger partial charge in [0.1, 0.15) is 0 Å². The summed E-state index contributed by atoms with van der Waals surface area (Å²) in [4.78, 5) is 2.16. The number of sulfone groups is 1. The summed E-state index contributed by atoms with van der Waals surface area (Å²) in [5, 5.41) is 5.68. The minimum absolute atomic E-state index is 0.405. The van der Waals surface area contributed by atoms with E-state index < -0.39 is 9.84 Å². The van der Waals surface area contributed by atoms with Crippen LogP contribution in [-0.4, -0.2) is 8.42 Å². The van der Waals surface area contributed by atoms with Crippen LogP contribution in [0.15, 0.2) is 102 Å². The van der Waals surface area contributed by atoms with Crippen LogP contribution in [0.1, 0.15) is 61.2 Å². The first-order valence-electron chi connectivity index (χ1n) is 17.2. The SMILES string of the molecule is Cc1cc(C)c(C2=c3cc4cc5c(cc4cc3C3=C2c2ccccc2S3(=O)=O)=C(c2c(C)cc(C)cc2C)c2c-5sc3ccccc23)c(C)c1. The molecule has 0 bridgehead atoms. The predicted octanol–water partition coefficient (Wildman–Crippen LogP) is 10.0. The quantitative estimate of drug-likeness (QED) is 0.182. The second kappa shape index (κ2) is 10.0. The van der Waals surface area contributed by atoms with Gasteiger partial charge >= 0.3 is 0 Å². The number of aryl methyl sites for hydroxylation is 6. The summed E-state index contributed by atoms with van der Waals surface area (Å²) in [5.74, 6) is 0. The van der Waals surface area contributed by atoms with Crippen LogP contribution < -0.4 is 10.4 Å². The topological polar surface area (TPSA) is 34.1 Å². The lowest BCUT2D eigenvalue weighted by molar-refractivity contribution is 0.606. The van der Waals surface area contributed by atoms with E-state index in [9.17, 15) is 8.42 Å². The van der Waals surface area contributed by atoms with Crippen LogP contribution in [0.5, 0.6) is 0 Å². The van der Waals surface area contributed by atoms with Gasteiger partial charge in [-0.1, -0.05) is 71.8 Å². The van der Waals surface area contributed by atoms with E-state index in [0.29, 0.717) is 9.80 Å². The molecule has 1 aliphatic heterocycles. The molecule has 0 fully saturated rings. The van der Waals surface area contributed by atoms with E-state index >= 15 is 0 Å².